The number of ether oxygens (including phenoxy) is 2. The van der Waals surface area contributed by atoms with E-state index in [4.69, 9.17) is 4.74 Å². The Labute approximate surface area is 152 Å². The number of carbonyl (C=O) groups is 2. The lowest BCUT2D eigenvalue weighted by Gasteiger charge is -2.22. The van der Waals surface area contributed by atoms with E-state index in [1.165, 1.54) is 19.2 Å². The van der Waals surface area contributed by atoms with Crippen LogP contribution >= 0.6 is 0 Å². The normalized spacial score (nSPS) is 10.2. The molecule has 0 unspecified atom stereocenters. The number of nitrogens with zero attached hydrogens (tertiary/aromatic N) is 1. The molecule has 0 N–H and O–H groups in total. The van der Waals surface area contributed by atoms with Gasteiger partial charge in [0, 0.05) is 13.1 Å². The Kier molecular flexibility index (Phi) is 7.61. The molecule has 0 saturated carbocycles. The van der Waals surface area contributed by atoms with Gasteiger partial charge >= 0.3 is 5.97 Å². The average Bonchev–Trinajstić information content (AvgIpc) is 2.67. The van der Waals surface area contributed by atoms with Gasteiger partial charge in [-0.15, -0.1) is 0 Å². The van der Waals surface area contributed by atoms with Gasteiger partial charge in [-0.1, -0.05) is 30.3 Å². The van der Waals surface area contributed by atoms with Crippen molar-refractivity contribution in [1.29, 1.82) is 0 Å². The van der Waals surface area contributed by atoms with Crippen LogP contribution in [0.5, 0.6) is 5.75 Å². The second-order valence-electron chi connectivity index (χ2n) is 5.68. The first-order valence-corrected chi connectivity index (χ1v) is 8.35. The molecule has 138 valence electrons. The van der Waals surface area contributed by atoms with Gasteiger partial charge in [-0.3, -0.25) is 9.59 Å². The molecule has 0 heterocycles. The van der Waals surface area contributed by atoms with Crippen molar-refractivity contribution in [3.05, 3.63) is 66.0 Å². The van der Waals surface area contributed by atoms with Crippen LogP contribution in [0.25, 0.3) is 0 Å². The van der Waals surface area contributed by atoms with Crippen molar-refractivity contribution in [2.24, 2.45) is 0 Å². The second kappa shape index (κ2) is 10.2. The van der Waals surface area contributed by atoms with Crippen molar-refractivity contribution in [2.75, 3.05) is 20.3 Å². The lowest BCUT2D eigenvalue weighted by atomic mass is 10.2. The van der Waals surface area contributed by atoms with Gasteiger partial charge in [-0.25, -0.2) is 4.39 Å². The molecule has 0 fully saturated rings. The highest BCUT2D eigenvalue weighted by Crippen LogP contribution is 2.11. The third-order valence-electron chi connectivity index (χ3n) is 3.78. The van der Waals surface area contributed by atoms with Crippen molar-refractivity contribution < 1.29 is 23.5 Å². The van der Waals surface area contributed by atoms with E-state index in [1.54, 1.807) is 17.0 Å². The van der Waals surface area contributed by atoms with Gasteiger partial charge in [0.1, 0.15) is 11.6 Å². The van der Waals surface area contributed by atoms with Gasteiger partial charge < -0.3 is 14.4 Å². The minimum Gasteiger partial charge on any atom is -0.493 e. The lowest BCUT2D eigenvalue weighted by Crippen LogP contribution is -2.33. The van der Waals surface area contributed by atoms with E-state index in [0.717, 1.165) is 5.56 Å². The summed E-state index contributed by atoms with van der Waals surface area (Å²) in [5.41, 5.74) is 0.786. The predicted molar refractivity (Wildman–Crippen MR) is 95.0 cm³/mol. The maximum atomic E-state index is 13.1. The topological polar surface area (TPSA) is 55.8 Å². The molecule has 2 aromatic carbocycles. The first kappa shape index (κ1) is 19.4. The van der Waals surface area contributed by atoms with E-state index >= 15 is 0 Å². The fourth-order valence-electron chi connectivity index (χ4n) is 2.36. The Morgan fingerprint density at radius 2 is 1.69 bits per heavy atom. The first-order chi connectivity index (χ1) is 12.6. The summed E-state index contributed by atoms with van der Waals surface area (Å²) in [5, 5.41) is 0. The summed E-state index contributed by atoms with van der Waals surface area (Å²) in [6, 6.07) is 15.2. The van der Waals surface area contributed by atoms with Crippen molar-refractivity contribution in [3.8, 4) is 5.75 Å². The summed E-state index contributed by atoms with van der Waals surface area (Å²) in [6.45, 7) is 0.761. The van der Waals surface area contributed by atoms with Crippen LogP contribution in [0.15, 0.2) is 54.6 Å². The maximum Gasteiger partial charge on any atom is 0.307 e. The Morgan fingerprint density at radius 3 is 2.35 bits per heavy atom. The Balaban J connectivity index is 1.93. The quantitative estimate of drug-likeness (QED) is 0.645. The summed E-state index contributed by atoms with van der Waals surface area (Å²) in [5.74, 6) is -0.172. The molecule has 0 aliphatic carbocycles. The molecule has 2 rings (SSSR count). The molecular formula is C20H22FNO4. The van der Waals surface area contributed by atoms with Gasteiger partial charge in [-0.05, 0) is 29.8 Å². The molecule has 0 aromatic heterocycles. The summed E-state index contributed by atoms with van der Waals surface area (Å²) in [6.07, 6.45) is 0.278. The summed E-state index contributed by atoms with van der Waals surface area (Å²) in [7, 11) is 1.31. The molecule has 0 aliphatic heterocycles. The number of rotatable bonds is 9. The molecule has 2 aromatic rings. The molecule has 5 nitrogen and oxygen atoms in total. The number of carbonyl (C=O) groups excluding carboxylic acids is 2. The third kappa shape index (κ3) is 6.55. The SMILES string of the molecule is COC(=O)CCN(Cc1ccc(F)cc1)C(=O)CCOc1ccccc1. The number of benzene rings is 2. The number of methoxy groups -OCH3 is 1. The van der Waals surface area contributed by atoms with Gasteiger partial charge in [-0.2, -0.15) is 0 Å². The van der Waals surface area contributed by atoms with Crippen LogP contribution in [0.2, 0.25) is 0 Å². The van der Waals surface area contributed by atoms with Crippen LogP contribution in [-0.2, 0) is 20.9 Å². The van der Waals surface area contributed by atoms with Crippen LogP contribution in [0.1, 0.15) is 18.4 Å². The van der Waals surface area contributed by atoms with Gasteiger partial charge in [0.05, 0.1) is 26.6 Å². The summed E-state index contributed by atoms with van der Waals surface area (Å²) >= 11 is 0. The average molecular weight is 359 g/mol. The molecule has 0 saturated heterocycles. The number of hydrogen-bond donors (Lipinski definition) is 0. The maximum absolute atomic E-state index is 13.1. The van der Waals surface area contributed by atoms with Gasteiger partial charge in [0.2, 0.25) is 5.91 Å². The van der Waals surface area contributed by atoms with Crippen LogP contribution in [0, 0.1) is 5.82 Å². The van der Waals surface area contributed by atoms with Crippen molar-refractivity contribution in [1.82, 2.24) is 4.90 Å². The smallest absolute Gasteiger partial charge is 0.307 e. The minimum atomic E-state index is -0.387. The van der Waals surface area contributed by atoms with Crippen molar-refractivity contribution in [3.63, 3.8) is 0 Å². The zero-order chi connectivity index (χ0) is 18.8. The second-order valence-corrected chi connectivity index (χ2v) is 5.68. The summed E-state index contributed by atoms with van der Waals surface area (Å²) < 4.78 is 23.2. The number of para-hydroxylation sites is 1. The molecule has 0 aliphatic rings. The van der Waals surface area contributed by atoms with E-state index in [2.05, 4.69) is 4.74 Å². The number of esters is 1. The highest BCUT2D eigenvalue weighted by Gasteiger charge is 2.16. The molecule has 1 amide bonds. The predicted octanol–water partition coefficient (Wildman–Crippen LogP) is 3.19. The van der Waals surface area contributed by atoms with E-state index in [-0.39, 0.29) is 43.7 Å². The monoisotopic (exact) mass is 359 g/mol. The van der Waals surface area contributed by atoms with Crippen LogP contribution in [0.3, 0.4) is 0 Å². The molecule has 26 heavy (non-hydrogen) atoms. The highest BCUT2D eigenvalue weighted by atomic mass is 19.1. The van der Waals surface area contributed by atoms with Crippen molar-refractivity contribution in [2.45, 2.75) is 19.4 Å². The Morgan fingerprint density at radius 1 is 1.00 bits per heavy atom. The van der Waals surface area contributed by atoms with Gasteiger partial charge in [0.15, 0.2) is 0 Å². The molecule has 0 spiro atoms. The fraction of sp³-hybridized carbons (Fsp3) is 0.300. The highest BCUT2D eigenvalue weighted by molar-refractivity contribution is 5.77. The van der Waals surface area contributed by atoms with E-state index in [0.29, 0.717) is 12.3 Å². The molecule has 0 radical (unpaired) electrons. The number of halogens is 1. The molecule has 0 atom stereocenters. The zero-order valence-electron chi connectivity index (χ0n) is 14.7. The standard InChI is InChI=1S/C20H22FNO4/c1-25-20(24)11-13-22(15-16-7-9-17(21)10-8-16)19(23)12-14-26-18-5-3-2-4-6-18/h2-10H,11-15H2,1H3. The van der Waals surface area contributed by atoms with Crippen molar-refractivity contribution >= 4 is 11.9 Å². The number of amides is 1. The molecular weight excluding hydrogens is 337 g/mol. The molecule has 6 heteroatoms. The van der Waals surface area contributed by atoms with E-state index < -0.39 is 0 Å². The largest absolute Gasteiger partial charge is 0.493 e. The Hall–Kier alpha value is -2.89. The van der Waals surface area contributed by atoms with E-state index in [1.807, 2.05) is 30.3 Å². The zero-order valence-corrected chi connectivity index (χ0v) is 14.7. The summed E-state index contributed by atoms with van der Waals surface area (Å²) in [4.78, 5) is 25.5. The van der Waals surface area contributed by atoms with E-state index in [9.17, 15) is 14.0 Å². The Bertz CT molecular complexity index is 704. The molecule has 0 bridgehead atoms. The third-order valence-corrected chi connectivity index (χ3v) is 3.78. The van der Waals surface area contributed by atoms with Gasteiger partial charge in [0.25, 0.3) is 0 Å². The lowest BCUT2D eigenvalue weighted by molar-refractivity contribution is -0.142. The number of hydrogen-bond acceptors (Lipinski definition) is 4. The fourth-order valence-corrected chi connectivity index (χ4v) is 2.36. The first-order valence-electron chi connectivity index (χ1n) is 8.35. The minimum absolute atomic E-state index is 0.100. The van der Waals surface area contributed by atoms with Crippen LogP contribution in [0.4, 0.5) is 4.39 Å². The van der Waals surface area contributed by atoms with Crippen LogP contribution in [-0.4, -0.2) is 37.0 Å². The van der Waals surface area contributed by atoms with Crippen LogP contribution < -0.4 is 4.74 Å².